The van der Waals surface area contributed by atoms with Gasteiger partial charge in [0, 0.05) is 10.9 Å². The number of nitrogens with one attached hydrogen (secondary N) is 2. The summed E-state index contributed by atoms with van der Waals surface area (Å²) in [6, 6.07) is 6.53. The van der Waals surface area contributed by atoms with Gasteiger partial charge in [-0.2, -0.15) is 8.78 Å². The number of hydrogen-bond donors (Lipinski definition) is 2. The van der Waals surface area contributed by atoms with Crippen LogP contribution in [0.15, 0.2) is 29.2 Å². The number of ether oxygens (including phenoxy) is 1. The molecule has 1 amide bonds. The Morgan fingerprint density at radius 2 is 2.19 bits per heavy atom. The molecule has 2 atom stereocenters. The quantitative estimate of drug-likeness (QED) is 0.792. The number of para-hydroxylation sites is 1. The lowest BCUT2D eigenvalue weighted by atomic mass is 10.0. The van der Waals surface area contributed by atoms with Gasteiger partial charge >= 0.3 is 0 Å². The molecule has 1 aliphatic heterocycles. The average Bonchev–Trinajstić information content (AvgIpc) is 2.89. The lowest BCUT2D eigenvalue weighted by Gasteiger charge is -2.18. The van der Waals surface area contributed by atoms with E-state index in [1.807, 2.05) is 6.92 Å². The van der Waals surface area contributed by atoms with Crippen LogP contribution in [0.5, 0.6) is 0 Å². The fourth-order valence-electron chi connectivity index (χ4n) is 2.27. The maximum absolute atomic E-state index is 12.5. The molecule has 116 valence electrons. The maximum Gasteiger partial charge on any atom is 0.288 e. The van der Waals surface area contributed by atoms with E-state index in [0.29, 0.717) is 35.6 Å². The number of likely N-dealkylation sites (N-methyl/N-ethyl adjacent to an activating group) is 1. The van der Waals surface area contributed by atoms with Crippen LogP contribution in [-0.2, 0) is 9.53 Å². The van der Waals surface area contributed by atoms with E-state index in [0.717, 1.165) is 6.54 Å². The summed E-state index contributed by atoms with van der Waals surface area (Å²) in [5.41, 5.74) is 0.412. The predicted octanol–water partition coefficient (Wildman–Crippen LogP) is 2.56. The Hall–Kier alpha value is -1.18. The molecule has 0 aromatic heterocycles. The van der Waals surface area contributed by atoms with Crippen LogP contribution < -0.4 is 10.6 Å². The maximum atomic E-state index is 12.5. The van der Waals surface area contributed by atoms with Crippen molar-refractivity contribution in [3.63, 3.8) is 0 Å². The predicted molar refractivity (Wildman–Crippen MR) is 78.7 cm³/mol. The van der Waals surface area contributed by atoms with Crippen LogP contribution in [0.2, 0.25) is 0 Å². The molecule has 4 nitrogen and oxygen atoms in total. The van der Waals surface area contributed by atoms with Crippen molar-refractivity contribution in [2.45, 2.75) is 23.6 Å². The fourth-order valence-corrected chi connectivity index (χ4v) is 2.87. The SMILES string of the molecule is CCNC1COCC1C(=O)Nc1ccccc1SC(F)F. The van der Waals surface area contributed by atoms with Gasteiger partial charge in [0.05, 0.1) is 24.8 Å². The number of thioether (sulfide) groups is 1. The van der Waals surface area contributed by atoms with Crippen LogP contribution in [0.3, 0.4) is 0 Å². The van der Waals surface area contributed by atoms with Gasteiger partial charge in [-0.05, 0) is 18.7 Å². The summed E-state index contributed by atoms with van der Waals surface area (Å²) in [5, 5.41) is 5.93. The van der Waals surface area contributed by atoms with Gasteiger partial charge in [0.1, 0.15) is 0 Å². The minimum Gasteiger partial charge on any atom is -0.379 e. The van der Waals surface area contributed by atoms with E-state index in [-0.39, 0.29) is 17.9 Å². The highest BCUT2D eigenvalue weighted by Gasteiger charge is 2.33. The van der Waals surface area contributed by atoms with Crippen LogP contribution in [0, 0.1) is 5.92 Å². The standard InChI is InChI=1S/C14H18F2N2O2S/c1-2-17-11-8-20-7-9(11)13(19)18-10-5-3-4-6-12(10)21-14(15)16/h3-6,9,11,14,17H,2,7-8H2,1H3,(H,18,19). The van der Waals surface area contributed by atoms with Crippen molar-refractivity contribution in [1.29, 1.82) is 0 Å². The molecule has 0 radical (unpaired) electrons. The fraction of sp³-hybridized carbons (Fsp3) is 0.500. The van der Waals surface area contributed by atoms with Crippen molar-refractivity contribution < 1.29 is 18.3 Å². The summed E-state index contributed by atoms with van der Waals surface area (Å²) in [7, 11) is 0. The molecule has 2 unspecified atom stereocenters. The Kier molecular flexibility index (Phi) is 5.96. The third kappa shape index (κ3) is 4.39. The van der Waals surface area contributed by atoms with Crippen LogP contribution in [0.4, 0.5) is 14.5 Å². The Morgan fingerprint density at radius 1 is 1.43 bits per heavy atom. The summed E-state index contributed by atoms with van der Waals surface area (Å²) in [4.78, 5) is 12.7. The highest BCUT2D eigenvalue weighted by molar-refractivity contribution is 7.99. The van der Waals surface area contributed by atoms with Gasteiger partial charge in [-0.1, -0.05) is 30.8 Å². The molecule has 1 aromatic carbocycles. The minimum absolute atomic E-state index is 0.0371. The van der Waals surface area contributed by atoms with E-state index in [1.54, 1.807) is 24.3 Å². The Bertz CT molecular complexity index is 488. The van der Waals surface area contributed by atoms with Crippen LogP contribution in [0.1, 0.15) is 6.92 Å². The topological polar surface area (TPSA) is 50.4 Å². The Morgan fingerprint density at radius 3 is 2.90 bits per heavy atom. The van der Waals surface area contributed by atoms with Crippen LogP contribution in [-0.4, -0.2) is 37.5 Å². The monoisotopic (exact) mass is 316 g/mol. The summed E-state index contributed by atoms with van der Waals surface area (Å²) >= 11 is 0.426. The lowest BCUT2D eigenvalue weighted by molar-refractivity contribution is -0.120. The van der Waals surface area contributed by atoms with E-state index in [4.69, 9.17) is 4.74 Å². The summed E-state index contributed by atoms with van der Waals surface area (Å²) < 4.78 is 30.4. The molecule has 0 saturated carbocycles. The summed E-state index contributed by atoms with van der Waals surface area (Å²) in [5.74, 6) is -3.04. The van der Waals surface area contributed by atoms with Crippen molar-refractivity contribution in [3.05, 3.63) is 24.3 Å². The summed E-state index contributed by atoms with van der Waals surface area (Å²) in [6.45, 7) is 3.53. The number of alkyl halides is 2. The van der Waals surface area contributed by atoms with Gasteiger partial charge in [0.25, 0.3) is 5.76 Å². The molecule has 1 aromatic rings. The van der Waals surface area contributed by atoms with Gasteiger partial charge in [-0.15, -0.1) is 0 Å². The minimum atomic E-state index is -2.52. The summed E-state index contributed by atoms with van der Waals surface area (Å²) in [6.07, 6.45) is 0. The molecule has 1 saturated heterocycles. The number of halogens is 2. The molecule has 0 spiro atoms. The normalized spacial score (nSPS) is 21.7. The first-order valence-corrected chi connectivity index (χ1v) is 7.65. The largest absolute Gasteiger partial charge is 0.379 e. The highest BCUT2D eigenvalue weighted by atomic mass is 32.2. The number of carbonyl (C=O) groups excluding carboxylic acids is 1. The zero-order chi connectivity index (χ0) is 15.2. The third-order valence-corrected chi connectivity index (χ3v) is 4.03. The second kappa shape index (κ2) is 7.72. The van der Waals surface area contributed by atoms with Crippen LogP contribution >= 0.6 is 11.8 Å². The van der Waals surface area contributed by atoms with Gasteiger partial charge in [0.2, 0.25) is 5.91 Å². The number of anilines is 1. The average molecular weight is 316 g/mol. The number of hydrogen-bond acceptors (Lipinski definition) is 4. The van der Waals surface area contributed by atoms with E-state index in [1.165, 1.54) is 0 Å². The first kappa shape index (κ1) is 16.2. The molecule has 21 heavy (non-hydrogen) atoms. The zero-order valence-corrected chi connectivity index (χ0v) is 12.5. The van der Waals surface area contributed by atoms with Gasteiger partial charge < -0.3 is 15.4 Å². The first-order valence-electron chi connectivity index (χ1n) is 6.77. The molecule has 2 N–H and O–H groups in total. The van der Waals surface area contributed by atoms with E-state index in [9.17, 15) is 13.6 Å². The van der Waals surface area contributed by atoms with Gasteiger partial charge in [0.15, 0.2) is 0 Å². The van der Waals surface area contributed by atoms with Crippen molar-refractivity contribution in [1.82, 2.24) is 5.32 Å². The Labute approximate surface area is 126 Å². The van der Waals surface area contributed by atoms with Gasteiger partial charge in [-0.3, -0.25) is 4.79 Å². The highest BCUT2D eigenvalue weighted by Crippen LogP contribution is 2.32. The molecular formula is C14H18F2N2O2S. The first-order chi connectivity index (χ1) is 10.1. The molecule has 2 rings (SSSR count). The van der Waals surface area contributed by atoms with E-state index in [2.05, 4.69) is 10.6 Å². The van der Waals surface area contributed by atoms with Crippen molar-refractivity contribution in [3.8, 4) is 0 Å². The number of amides is 1. The number of rotatable bonds is 6. The van der Waals surface area contributed by atoms with Crippen molar-refractivity contribution >= 4 is 23.4 Å². The number of carbonyl (C=O) groups is 1. The zero-order valence-electron chi connectivity index (χ0n) is 11.6. The molecule has 1 aliphatic rings. The molecule has 0 bridgehead atoms. The molecule has 0 aliphatic carbocycles. The smallest absolute Gasteiger partial charge is 0.288 e. The molecule has 7 heteroatoms. The third-order valence-electron chi connectivity index (χ3n) is 3.24. The second-order valence-corrected chi connectivity index (χ2v) is 5.70. The Balaban J connectivity index is 2.05. The van der Waals surface area contributed by atoms with Gasteiger partial charge in [-0.25, -0.2) is 0 Å². The lowest BCUT2D eigenvalue weighted by Crippen LogP contribution is -2.41. The van der Waals surface area contributed by atoms with Crippen molar-refractivity contribution in [2.75, 3.05) is 25.1 Å². The molecule has 1 fully saturated rings. The number of benzene rings is 1. The molecule has 1 heterocycles. The second-order valence-electron chi connectivity index (χ2n) is 4.67. The van der Waals surface area contributed by atoms with Crippen molar-refractivity contribution in [2.24, 2.45) is 5.92 Å². The van der Waals surface area contributed by atoms with Crippen LogP contribution in [0.25, 0.3) is 0 Å². The molecular weight excluding hydrogens is 298 g/mol. The van der Waals surface area contributed by atoms with E-state index >= 15 is 0 Å². The van der Waals surface area contributed by atoms with E-state index < -0.39 is 5.76 Å².